The fourth-order valence-electron chi connectivity index (χ4n) is 3.06. The Balaban J connectivity index is 1.78. The molecule has 2 N–H and O–H groups in total. The van der Waals surface area contributed by atoms with Crippen LogP contribution in [0.2, 0.25) is 0 Å². The van der Waals surface area contributed by atoms with Gasteiger partial charge in [-0.05, 0) is 27.9 Å². The van der Waals surface area contributed by atoms with Crippen molar-refractivity contribution in [1.29, 1.82) is 0 Å². The second kappa shape index (κ2) is 7.67. The van der Waals surface area contributed by atoms with Gasteiger partial charge in [0, 0.05) is 32.7 Å². The van der Waals surface area contributed by atoms with E-state index < -0.39 is 17.7 Å². The van der Waals surface area contributed by atoms with E-state index in [-0.39, 0.29) is 31.4 Å². The van der Waals surface area contributed by atoms with Crippen LogP contribution in [-0.2, 0) is 9.59 Å². The maximum absolute atomic E-state index is 12.3. The van der Waals surface area contributed by atoms with Crippen molar-refractivity contribution < 1.29 is 19.5 Å². The molecule has 0 aliphatic carbocycles. The Hall–Kier alpha value is -1.71. The number of carbonyl (C=O) groups is 3. The molecule has 2 rings (SSSR count). The molecule has 2 saturated heterocycles. The lowest BCUT2D eigenvalue weighted by atomic mass is 10.1. The Morgan fingerprint density at radius 1 is 1.28 bits per heavy atom. The lowest BCUT2D eigenvalue weighted by molar-refractivity contribution is -0.134. The first-order valence-corrected chi connectivity index (χ1v) is 8.57. The lowest BCUT2D eigenvalue weighted by Gasteiger charge is -2.33. The van der Waals surface area contributed by atoms with Gasteiger partial charge in [-0.3, -0.25) is 19.4 Å². The van der Waals surface area contributed by atoms with Gasteiger partial charge in [0.2, 0.25) is 5.91 Å². The number of hydrogen-bond acceptors (Lipinski definition) is 6. The third-order valence-corrected chi connectivity index (χ3v) is 4.62. The van der Waals surface area contributed by atoms with Gasteiger partial charge < -0.3 is 20.2 Å². The number of β-amino-alcohol motifs (C(OH)–C–C–N with tert-alkyl or cyclic N) is 1. The predicted octanol–water partition coefficient (Wildman–Crippen LogP) is -1.62. The molecule has 0 aromatic rings. The van der Waals surface area contributed by atoms with E-state index in [1.807, 2.05) is 11.9 Å². The van der Waals surface area contributed by atoms with Gasteiger partial charge >= 0.3 is 6.03 Å². The van der Waals surface area contributed by atoms with E-state index in [4.69, 9.17) is 0 Å². The molecule has 0 spiro atoms. The van der Waals surface area contributed by atoms with Crippen LogP contribution in [0.1, 0.15) is 13.8 Å². The molecule has 2 heterocycles. The number of nitrogens with zero attached hydrogens (tertiary/aromatic N) is 4. The van der Waals surface area contributed by atoms with Crippen LogP contribution in [0, 0.1) is 0 Å². The topological polar surface area (TPSA) is 96.4 Å². The van der Waals surface area contributed by atoms with Gasteiger partial charge in [-0.2, -0.15) is 0 Å². The quantitative estimate of drug-likeness (QED) is 0.556. The molecular formula is C16H29N5O4. The minimum absolute atomic E-state index is 0.0268. The summed E-state index contributed by atoms with van der Waals surface area (Å²) in [5.74, 6) is -0.327. The highest BCUT2D eigenvalue weighted by Gasteiger charge is 2.44. The maximum Gasteiger partial charge on any atom is 0.325 e. The predicted molar refractivity (Wildman–Crippen MR) is 91.9 cm³/mol. The van der Waals surface area contributed by atoms with E-state index in [1.165, 1.54) is 0 Å². The zero-order chi connectivity index (χ0) is 18.8. The Kier molecular flexibility index (Phi) is 6.02. The van der Waals surface area contributed by atoms with Gasteiger partial charge in [0.25, 0.3) is 5.91 Å². The Bertz CT molecular complexity index is 531. The molecule has 0 radical (unpaired) electrons. The van der Waals surface area contributed by atoms with Crippen LogP contribution in [0.25, 0.3) is 0 Å². The third-order valence-electron chi connectivity index (χ3n) is 4.62. The van der Waals surface area contributed by atoms with E-state index in [2.05, 4.69) is 10.2 Å². The highest BCUT2D eigenvalue weighted by molar-refractivity contribution is 6.06. The number of carbonyl (C=O) groups excluding carboxylic acids is 3. The summed E-state index contributed by atoms with van der Waals surface area (Å²) >= 11 is 0. The van der Waals surface area contributed by atoms with Gasteiger partial charge in [-0.15, -0.1) is 0 Å². The standard InChI is InChI=1S/C16H29N5O4/c1-16(2)14(24)21(15(25)17-16)10-12(22)9-19(4)11-13(23)20-7-5-18(3)6-8-20/h12,22H,5-11H2,1-4H3,(H,17,25)/t12-/m1/s1. The van der Waals surface area contributed by atoms with Crippen LogP contribution in [-0.4, -0.2) is 114 Å². The summed E-state index contributed by atoms with van der Waals surface area (Å²) in [7, 11) is 3.77. The molecule has 4 amide bonds. The largest absolute Gasteiger partial charge is 0.390 e. The number of likely N-dealkylation sites (N-methyl/N-ethyl adjacent to an activating group) is 2. The average Bonchev–Trinajstić information content (AvgIpc) is 2.69. The molecule has 1 atom stereocenters. The highest BCUT2D eigenvalue weighted by atomic mass is 16.3. The molecule has 0 aromatic heterocycles. The number of urea groups is 1. The average molecular weight is 355 g/mol. The molecule has 0 aromatic carbocycles. The van der Waals surface area contributed by atoms with E-state index in [0.29, 0.717) is 13.1 Å². The maximum atomic E-state index is 12.3. The van der Waals surface area contributed by atoms with Crippen molar-refractivity contribution in [3.05, 3.63) is 0 Å². The molecular weight excluding hydrogens is 326 g/mol. The van der Waals surface area contributed by atoms with E-state index in [1.54, 1.807) is 25.8 Å². The van der Waals surface area contributed by atoms with E-state index in [0.717, 1.165) is 18.0 Å². The van der Waals surface area contributed by atoms with Gasteiger partial charge in [0.05, 0.1) is 19.2 Å². The molecule has 0 unspecified atom stereocenters. The Morgan fingerprint density at radius 2 is 1.88 bits per heavy atom. The monoisotopic (exact) mass is 355 g/mol. The number of rotatable bonds is 6. The highest BCUT2D eigenvalue weighted by Crippen LogP contribution is 2.16. The molecule has 2 fully saturated rings. The second-order valence-electron chi connectivity index (χ2n) is 7.51. The number of amides is 4. The van der Waals surface area contributed by atoms with Crippen LogP contribution < -0.4 is 5.32 Å². The molecule has 0 saturated carbocycles. The first kappa shape index (κ1) is 19.6. The number of aliphatic hydroxyl groups is 1. The van der Waals surface area contributed by atoms with Crippen molar-refractivity contribution in [1.82, 2.24) is 24.9 Å². The van der Waals surface area contributed by atoms with Crippen molar-refractivity contribution in [3.8, 4) is 0 Å². The zero-order valence-electron chi connectivity index (χ0n) is 15.5. The van der Waals surface area contributed by atoms with Crippen molar-refractivity contribution >= 4 is 17.8 Å². The summed E-state index contributed by atoms with van der Waals surface area (Å²) in [6, 6.07) is -0.495. The van der Waals surface area contributed by atoms with Crippen molar-refractivity contribution in [2.75, 3.05) is 59.9 Å². The van der Waals surface area contributed by atoms with Gasteiger partial charge in [-0.25, -0.2) is 4.79 Å². The van der Waals surface area contributed by atoms with Crippen molar-refractivity contribution in [2.45, 2.75) is 25.5 Å². The SMILES string of the molecule is CN1CCN(C(=O)CN(C)C[C@@H](O)CN2C(=O)NC(C)(C)C2=O)CC1. The van der Waals surface area contributed by atoms with Gasteiger partial charge in [-0.1, -0.05) is 0 Å². The van der Waals surface area contributed by atoms with Gasteiger partial charge in [0.1, 0.15) is 5.54 Å². The summed E-state index contributed by atoms with van der Waals surface area (Å²) < 4.78 is 0. The van der Waals surface area contributed by atoms with Crippen LogP contribution in [0.3, 0.4) is 0 Å². The van der Waals surface area contributed by atoms with Crippen LogP contribution in [0.5, 0.6) is 0 Å². The van der Waals surface area contributed by atoms with Crippen LogP contribution in [0.4, 0.5) is 4.79 Å². The molecule has 9 heteroatoms. The minimum atomic E-state index is -0.944. The van der Waals surface area contributed by atoms with Crippen LogP contribution in [0.15, 0.2) is 0 Å². The first-order valence-electron chi connectivity index (χ1n) is 8.57. The zero-order valence-corrected chi connectivity index (χ0v) is 15.5. The summed E-state index contributed by atoms with van der Waals surface area (Å²) in [6.45, 7) is 6.72. The Morgan fingerprint density at radius 3 is 2.40 bits per heavy atom. The number of imide groups is 1. The van der Waals surface area contributed by atoms with Crippen molar-refractivity contribution in [3.63, 3.8) is 0 Å². The lowest BCUT2D eigenvalue weighted by Crippen LogP contribution is -2.50. The van der Waals surface area contributed by atoms with Crippen LogP contribution >= 0.6 is 0 Å². The Labute approximate surface area is 148 Å². The number of nitrogens with one attached hydrogen (secondary N) is 1. The molecule has 25 heavy (non-hydrogen) atoms. The van der Waals surface area contributed by atoms with Gasteiger partial charge in [0.15, 0.2) is 0 Å². The summed E-state index contributed by atoms with van der Waals surface area (Å²) in [5, 5.41) is 12.8. The number of aliphatic hydroxyl groups excluding tert-OH is 1. The first-order chi connectivity index (χ1) is 11.6. The fourth-order valence-corrected chi connectivity index (χ4v) is 3.06. The van der Waals surface area contributed by atoms with E-state index >= 15 is 0 Å². The van der Waals surface area contributed by atoms with Crippen molar-refractivity contribution in [2.24, 2.45) is 0 Å². The molecule has 2 aliphatic heterocycles. The number of hydrogen-bond donors (Lipinski definition) is 2. The normalized spacial score (nSPS) is 22.5. The molecule has 142 valence electrons. The molecule has 9 nitrogen and oxygen atoms in total. The second-order valence-corrected chi connectivity index (χ2v) is 7.51. The van der Waals surface area contributed by atoms with E-state index in [9.17, 15) is 19.5 Å². The number of piperazine rings is 1. The summed E-state index contributed by atoms with van der Waals surface area (Å²) in [6.07, 6.45) is -0.908. The molecule has 0 bridgehead atoms. The summed E-state index contributed by atoms with van der Waals surface area (Å²) in [5.41, 5.74) is -0.944. The molecule has 2 aliphatic rings. The fraction of sp³-hybridized carbons (Fsp3) is 0.812. The minimum Gasteiger partial charge on any atom is -0.390 e. The summed E-state index contributed by atoms with van der Waals surface area (Å²) in [4.78, 5) is 43.0. The smallest absolute Gasteiger partial charge is 0.325 e. The third kappa shape index (κ3) is 4.90.